The van der Waals surface area contributed by atoms with Crippen molar-refractivity contribution >= 4 is 11.2 Å². The number of fused-ring (bicyclic) bond motifs is 1. The maximum atomic E-state index is 13.9. The second kappa shape index (κ2) is 8.15. The first-order valence-corrected chi connectivity index (χ1v) is 9.50. The molecule has 156 valence electrons. The molecule has 4 aromatic rings. The molecule has 0 saturated heterocycles. The highest BCUT2D eigenvalue weighted by Gasteiger charge is 2.19. The molecule has 4 rings (SSSR count). The van der Waals surface area contributed by atoms with Crippen LogP contribution < -0.4 is 4.74 Å². The number of nitrogens with zero attached hydrogens (tertiary/aromatic N) is 8. The summed E-state index contributed by atoms with van der Waals surface area (Å²) in [6, 6.07) is 1.66. The summed E-state index contributed by atoms with van der Waals surface area (Å²) in [5.74, 6) is 0.131. The first-order valence-electron chi connectivity index (χ1n) is 9.50. The third kappa shape index (κ3) is 3.99. The Kier molecular flexibility index (Phi) is 5.40. The van der Waals surface area contributed by atoms with Crippen molar-refractivity contribution in [3.63, 3.8) is 0 Å². The van der Waals surface area contributed by atoms with E-state index in [9.17, 15) is 4.39 Å². The second-order valence-corrected chi connectivity index (χ2v) is 7.30. The molecule has 30 heavy (non-hydrogen) atoms. The van der Waals surface area contributed by atoms with E-state index in [1.54, 1.807) is 6.20 Å². The number of likely N-dealkylation sites (N-methyl/N-ethyl adjacent to an activating group) is 1. The van der Waals surface area contributed by atoms with Crippen molar-refractivity contribution in [2.45, 2.75) is 20.0 Å². The van der Waals surface area contributed by atoms with Gasteiger partial charge in [0.2, 0.25) is 0 Å². The number of methoxy groups -OCH3 is 1. The van der Waals surface area contributed by atoms with Gasteiger partial charge in [0.05, 0.1) is 38.3 Å². The number of rotatable bonds is 7. The van der Waals surface area contributed by atoms with Crippen molar-refractivity contribution in [2.75, 3.05) is 27.7 Å². The van der Waals surface area contributed by atoms with Gasteiger partial charge < -0.3 is 14.2 Å². The normalized spacial score (nSPS) is 11.5. The van der Waals surface area contributed by atoms with Crippen molar-refractivity contribution in [1.82, 2.24) is 39.2 Å². The monoisotopic (exact) mass is 410 g/mol. The number of hydrogen-bond acceptors (Lipinski definition) is 7. The molecule has 0 unspecified atom stereocenters. The zero-order chi connectivity index (χ0) is 21.3. The predicted molar refractivity (Wildman–Crippen MR) is 110 cm³/mol. The average molecular weight is 410 g/mol. The molecular formula is C20H23FN8O. The van der Waals surface area contributed by atoms with Gasteiger partial charge in [0.1, 0.15) is 17.2 Å². The molecule has 4 aromatic heterocycles. The van der Waals surface area contributed by atoms with Crippen LogP contribution in [0.15, 0.2) is 30.9 Å². The van der Waals surface area contributed by atoms with Gasteiger partial charge in [-0.1, -0.05) is 0 Å². The standard InChI is InChI=1S/C20H23FN8O/c1-13-17-19(26-20(24-13)30-4)29(18(25-17)15-7-16(21)10-22-9-15)12-14-8-23-28(11-14)6-5-27(2)3/h7-11H,5-6,12H2,1-4H3. The van der Waals surface area contributed by atoms with E-state index in [1.807, 2.05) is 42.7 Å². The van der Waals surface area contributed by atoms with Crippen molar-refractivity contribution in [3.8, 4) is 17.4 Å². The fourth-order valence-corrected chi connectivity index (χ4v) is 3.20. The van der Waals surface area contributed by atoms with E-state index in [2.05, 4.69) is 25.0 Å². The van der Waals surface area contributed by atoms with E-state index >= 15 is 0 Å². The van der Waals surface area contributed by atoms with Crippen molar-refractivity contribution in [2.24, 2.45) is 0 Å². The number of imidazole rings is 1. The van der Waals surface area contributed by atoms with Crippen LogP contribution in [-0.4, -0.2) is 66.9 Å². The van der Waals surface area contributed by atoms with Crippen LogP contribution in [0.4, 0.5) is 4.39 Å². The van der Waals surface area contributed by atoms with Crippen LogP contribution in [0.5, 0.6) is 6.01 Å². The lowest BCUT2D eigenvalue weighted by Gasteiger charge is -2.09. The average Bonchev–Trinajstić information content (AvgIpc) is 3.32. The van der Waals surface area contributed by atoms with Gasteiger partial charge in [-0.3, -0.25) is 9.67 Å². The van der Waals surface area contributed by atoms with Gasteiger partial charge in [0.25, 0.3) is 0 Å². The van der Waals surface area contributed by atoms with Crippen molar-refractivity contribution in [1.29, 1.82) is 0 Å². The number of pyridine rings is 1. The molecule has 0 radical (unpaired) electrons. The summed E-state index contributed by atoms with van der Waals surface area (Å²) in [5.41, 5.74) is 3.47. The highest BCUT2D eigenvalue weighted by Crippen LogP contribution is 2.27. The molecule has 0 N–H and O–H groups in total. The number of hydrogen-bond donors (Lipinski definition) is 0. The molecule has 0 aromatic carbocycles. The summed E-state index contributed by atoms with van der Waals surface area (Å²) < 4.78 is 22.9. The van der Waals surface area contributed by atoms with Crippen LogP contribution >= 0.6 is 0 Å². The third-order valence-corrected chi connectivity index (χ3v) is 4.70. The Labute approximate surface area is 173 Å². The lowest BCUT2D eigenvalue weighted by molar-refractivity contribution is 0.373. The van der Waals surface area contributed by atoms with Crippen LogP contribution in [0.1, 0.15) is 11.3 Å². The number of aromatic nitrogens is 7. The smallest absolute Gasteiger partial charge is 0.318 e. The van der Waals surface area contributed by atoms with Gasteiger partial charge in [0, 0.05) is 30.1 Å². The summed E-state index contributed by atoms with van der Waals surface area (Å²) in [6.45, 7) is 3.98. The van der Waals surface area contributed by atoms with Crippen molar-refractivity contribution < 1.29 is 9.13 Å². The van der Waals surface area contributed by atoms with E-state index < -0.39 is 5.82 Å². The van der Waals surface area contributed by atoms with Crippen LogP contribution in [0.25, 0.3) is 22.6 Å². The van der Waals surface area contributed by atoms with E-state index in [0.717, 1.165) is 18.7 Å². The van der Waals surface area contributed by atoms with Gasteiger partial charge >= 0.3 is 6.01 Å². The van der Waals surface area contributed by atoms with E-state index in [0.29, 0.717) is 34.8 Å². The van der Waals surface area contributed by atoms with Crippen LogP contribution in [0.2, 0.25) is 0 Å². The zero-order valence-corrected chi connectivity index (χ0v) is 17.4. The molecule has 0 atom stereocenters. The summed E-state index contributed by atoms with van der Waals surface area (Å²) in [6.07, 6.45) is 6.56. The lowest BCUT2D eigenvalue weighted by atomic mass is 10.2. The first kappa shape index (κ1) is 19.9. The molecule has 0 aliphatic heterocycles. The highest BCUT2D eigenvalue weighted by molar-refractivity contribution is 5.79. The SMILES string of the molecule is COc1nc(C)c2nc(-c3cncc(F)c3)n(Cc3cnn(CCN(C)C)c3)c2n1. The molecule has 0 saturated carbocycles. The summed E-state index contributed by atoms with van der Waals surface area (Å²) >= 11 is 0. The fourth-order valence-electron chi connectivity index (χ4n) is 3.20. The minimum Gasteiger partial charge on any atom is -0.467 e. The number of aryl methyl sites for hydroxylation is 1. The summed E-state index contributed by atoms with van der Waals surface area (Å²) in [4.78, 5) is 19.6. The van der Waals surface area contributed by atoms with Gasteiger partial charge in [-0.15, -0.1) is 0 Å². The number of ether oxygens (including phenoxy) is 1. The molecule has 0 aliphatic carbocycles. The Balaban J connectivity index is 1.80. The predicted octanol–water partition coefficient (Wildman–Crippen LogP) is 2.15. The summed E-state index contributed by atoms with van der Waals surface area (Å²) in [7, 11) is 5.57. The Morgan fingerprint density at radius 1 is 1.13 bits per heavy atom. The Hall–Kier alpha value is -3.40. The van der Waals surface area contributed by atoms with Crippen molar-refractivity contribution in [3.05, 3.63) is 47.9 Å². The summed E-state index contributed by atoms with van der Waals surface area (Å²) in [5, 5.41) is 4.44. The van der Waals surface area contributed by atoms with Gasteiger partial charge in [-0.2, -0.15) is 15.1 Å². The van der Waals surface area contributed by atoms with E-state index in [4.69, 9.17) is 9.72 Å². The minimum atomic E-state index is -0.428. The first-order chi connectivity index (χ1) is 14.4. The topological polar surface area (TPSA) is 86.8 Å². The molecule has 0 spiro atoms. The third-order valence-electron chi connectivity index (χ3n) is 4.70. The van der Waals surface area contributed by atoms with Gasteiger partial charge in [0.15, 0.2) is 5.65 Å². The van der Waals surface area contributed by atoms with E-state index in [1.165, 1.54) is 19.4 Å². The quantitative estimate of drug-likeness (QED) is 0.461. The minimum absolute atomic E-state index is 0.256. The molecule has 4 heterocycles. The van der Waals surface area contributed by atoms with Gasteiger partial charge in [-0.05, 0) is 27.1 Å². The Morgan fingerprint density at radius 3 is 2.70 bits per heavy atom. The Bertz CT molecular complexity index is 1180. The fraction of sp³-hybridized carbons (Fsp3) is 0.350. The molecule has 0 amide bonds. The van der Waals surface area contributed by atoms with Crippen LogP contribution in [0.3, 0.4) is 0 Å². The Morgan fingerprint density at radius 2 is 1.97 bits per heavy atom. The van der Waals surface area contributed by atoms with E-state index in [-0.39, 0.29) is 6.01 Å². The molecule has 0 aliphatic rings. The van der Waals surface area contributed by atoms with Crippen LogP contribution in [0, 0.1) is 12.7 Å². The number of halogens is 1. The highest BCUT2D eigenvalue weighted by atomic mass is 19.1. The van der Waals surface area contributed by atoms with Crippen LogP contribution in [-0.2, 0) is 13.1 Å². The maximum absolute atomic E-state index is 13.9. The molecule has 9 nitrogen and oxygen atoms in total. The largest absolute Gasteiger partial charge is 0.467 e. The molecule has 0 fully saturated rings. The molecule has 0 bridgehead atoms. The lowest BCUT2D eigenvalue weighted by Crippen LogP contribution is -2.18. The second-order valence-electron chi connectivity index (χ2n) is 7.30. The van der Waals surface area contributed by atoms with Gasteiger partial charge in [-0.25, -0.2) is 9.37 Å². The molecule has 10 heteroatoms. The maximum Gasteiger partial charge on any atom is 0.318 e. The zero-order valence-electron chi connectivity index (χ0n) is 17.4. The molecular weight excluding hydrogens is 387 g/mol.